The molecule has 0 spiro atoms. The van der Waals surface area contributed by atoms with Gasteiger partial charge in [0.2, 0.25) is 0 Å². The summed E-state index contributed by atoms with van der Waals surface area (Å²) in [4.78, 5) is 18.8. The van der Waals surface area contributed by atoms with Crippen LogP contribution in [0.3, 0.4) is 0 Å². The number of anilines is 1. The summed E-state index contributed by atoms with van der Waals surface area (Å²) >= 11 is 5.98. The van der Waals surface area contributed by atoms with Gasteiger partial charge in [0.15, 0.2) is 0 Å². The van der Waals surface area contributed by atoms with Crippen molar-refractivity contribution in [3.05, 3.63) is 58.4 Å². The number of hydrogen-bond acceptors (Lipinski definition) is 2. The Balaban J connectivity index is 2.01. The van der Waals surface area contributed by atoms with E-state index in [1.165, 1.54) is 5.56 Å². The van der Waals surface area contributed by atoms with Crippen LogP contribution >= 0.6 is 11.6 Å². The number of fused-ring (bicyclic) bond motifs is 1. The fourth-order valence-corrected chi connectivity index (χ4v) is 3.06. The van der Waals surface area contributed by atoms with Crippen molar-refractivity contribution in [2.75, 3.05) is 11.4 Å². The first kappa shape index (κ1) is 14.1. The first-order valence-electron chi connectivity index (χ1n) is 7.19. The maximum absolute atomic E-state index is 12.9. The third-order valence-electron chi connectivity index (χ3n) is 3.77. The average molecular weight is 301 g/mol. The van der Waals surface area contributed by atoms with E-state index in [1.807, 2.05) is 30.0 Å². The van der Waals surface area contributed by atoms with Gasteiger partial charge in [0, 0.05) is 23.5 Å². The molecule has 1 aliphatic rings. The average Bonchev–Trinajstić information content (AvgIpc) is 2.68. The molecular weight excluding hydrogens is 284 g/mol. The molecule has 1 aliphatic heterocycles. The summed E-state index contributed by atoms with van der Waals surface area (Å²) < 4.78 is 0. The summed E-state index contributed by atoms with van der Waals surface area (Å²) in [6.07, 6.45) is 3.14. The predicted octanol–water partition coefficient (Wildman–Crippen LogP) is 4.03. The summed E-state index contributed by atoms with van der Waals surface area (Å²) in [5, 5.41) is 0.362. The van der Waals surface area contributed by atoms with Gasteiger partial charge in [0.1, 0.15) is 5.15 Å². The molecular formula is C17H17ClN2O. The first-order chi connectivity index (χ1) is 10.1. The predicted molar refractivity (Wildman–Crippen MR) is 85.0 cm³/mol. The smallest absolute Gasteiger partial charge is 0.258 e. The molecule has 0 unspecified atom stereocenters. The first-order valence-corrected chi connectivity index (χ1v) is 7.57. The summed E-state index contributed by atoms with van der Waals surface area (Å²) in [6, 6.07) is 11.6. The number of rotatable bonds is 1. The van der Waals surface area contributed by atoms with Crippen molar-refractivity contribution >= 4 is 23.2 Å². The Kier molecular flexibility index (Phi) is 3.93. The number of pyridine rings is 1. The quantitative estimate of drug-likeness (QED) is 0.745. The Hall–Kier alpha value is -1.87. The van der Waals surface area contributed by atoms with E-state index in [-0.39, 0.29) is 5.91 Å². The van der Waals surface area contributed by atoms with Crippen LogP contribution in [-0.2, 0) is 6.42 Å². The summed E-state index contributed by atoms with van der Waals surface area (Å²) in [6.45, 7) is 2.59. The second-order valence-corrected chi connectivity index (χ2v) is 5.75. The van der Waals surface area contributed by atoms with Gasteiger partial charge in [-0.05, 0) is 49.9 Å². The largest absolute Gasteiger partial charge is 0.308 e. The van der Waals surface area contributed by atoms with Crippen LogP contribution in [-0.4, -0.2) is 17.4 Å². The van der Waals surface area contributed by atoms with Gasteiger partial charge in [0.05, 0.1) is 0 Å². The number of nitrogens with zero attached hydrogens (tertiary/aromatic N) is 2. The molecule has 1 aromatic heterocycles. The fourth-order valence-electron chi connectivity index (χ4n) is 2.81. The van der Waals surface area contributed by atoms with Crippen LogP contribution < -0.4 is 4.90 Å². The van der Waals surface area contributed by atoms with Crippen LogP contribution in [0, 0.1) is 6.92 Å². The number of para-hydroxylation sites is 1. The minimum atomic E-state index is -0.00301. The molecule has 0 fully saturated rings. The van der Waals surface area contributed by atoms with Gasteiger partial charge in [-0.3, -0.25) is 4.79 Å². The zero-order valence-electron chi connectivity index (χ0n) is 12.0. The van der Waals surface area contributed by atoms with Gasteiger partial charge in [-0.25, -0.2) is 4.98 Å². The number of hydrogen-bond donors (Lipinski definition) is 0. The van der Waals surface area contributed by atoms with Crippen molar-refractivity contribution in [3.8, 4) is 0 Å². The van der Waals surface area contributed by atoms with E-state index in [0.717, 1.165) is 37.2 Å². The Bertz CT molecular complexity index is 664. The Morgan fingerprint density at radius 3 is 2.86 bits per heavy atom. The number of carbonyl (C=O) groups is 1. The van der Waals surface area contributed by atoms with E-state index in [4.69, 9.17) is 11.6 Å². The summed E-state index contributed by atoms with van der Waals surface area (Å²) in [7, 11) is 0. The van der Waals surface area contributed by atoms with E-state index in [0.29, 0.717) is 10.7 Å². The Labute approximate surface area is 129 Å². The van der Waals surface area contributed by atoms with Crippen molar-refractivity contribution in [2.45, 2.75) is 26.2 Å². The number of aromatic nitrogens is 1. The summed E-state index contributed by atoms with van der Waals surface area (Å²) in [5.41, 5.74) is 3.61. The lowest BCUT2D eigenvalue weighted by Crippen LogP contribution is -2.31. The number of benzene rings is 1. The summed E-state index contributed by atoms with van der Waals surface area (Å²) in [5.74, 6) is -0.00301. The van der Waals surface area contributed by atoms with Crippen LogP contribution in [0.5, 0.6) is 0 Å². The van der Waals surface area contributed by atoms with Crippen molar-refractivity contribution in [3.63, 3.8) is 0 Å². The topological polar surface area (TPSA) is 33.2 Å². The fraction of sp³-hybridized carbons (Fsp3) is 0.294. The molecule has 2 heterocycles. The Morgan fingerprint density at radius 2 is 2.05 bits per heavy atom. The lowest BCUT2D eigenvalue weighted by molar-refractivity contribution is 0.0986. The highest BCUT2D eigenvalue weighted by Crippen LogP contribution is 2.27. The minimum Gasteiger partial charge on any atom is -0.308 e. The molecule has 4 heteroatoms. The number of carbonyl (C=O) groups excluding carboxylic acids is 1. The van der Waals surface area contributed by atoms with E-state index < -0.39 is 0 Å². The van der Waals surface area contributed by atoms with E-state index in [1.54, 1.807) is 12.1 Å². The van der Waals surface area contributed by atoms with Crippen molar-refractivity contribution in [1.29, 1.82) is 0 Å². The lowest BCUT2D eigenvalue weighted by Gasteiger charge is -2.23. The van der Waals surface area contributed by atoms with E-state index in [2.05, 4.69) is 11.1 Å². The highest BCUT2D eigenvalue weighted by Gasteiger charge is 2.22. The molecule has 3 rings (SSSR count). The highest BCUT2D eigenvalue weighted by molar-refractivity contribution is 6.29. The van der Waals surface area contributed by atoms with Crippen LogP contribution in [0.1, 0.15) is 34.5 Å². The highest BCUT2D eigenvalue weighted by atomic mass is 35.5. The number of amides is 1. The Morgan fingerprint density at radius 1 is 1.24 bits per heavy atom. The van der Waals surface area contributed by atoms with Crippen LogP contribution in [0.15, 0.2) is 36.4 Å². The molecule has 0 radical (unpaired) electrons. The SMILES string of the molecule is Cc1cc(C(=O)N2CCCCc3ccccc32)cc(Cl)n1. The minimum absolute atomic E-state index is 0.00301. The van der Waals surface area contributed by atoms with Gasteiger partial charge in [-0.1, -0.05) is 29.8 Å². The van der Waals surface area contributed by atoms with E-state index >= 15 is 0 Å². The van der Waals surface area contributed by atoms with Gasteiger partial charge in [-0.15, -0.1) is 0 Å². The molecule has 0 bridgehead atoms. The molecule has 0 atom stereocenters. The molecule has 1 amide bonds. The van der Waals surface area contributed by atoms with Gasteiger partial charge in [-0.2, -0.15) is 0 Å². The molecule has 108 valence electrons. The zero-order chi connectivity index (χ0) is 14.8. The number of halogens is 1. The molecule has 21 heavy (non-hydrogen) atoms. The van der Waals surface area contributed by atoms with Crippen molar-refractivity contribution < 1.29 is 4.79 Å². The van der Waals surface area contributed by atoms with Crippen LogP contribution in [0.2, 0.25) is 5.15 Å². The lowest BCUT2D eigenvalue weighted by atomic mass is 10.1. The second kappa shape index (κ2) is 5.86. The maximum Gasteiger partial charge on any atom is 0.258 e. The molecule has 2 aromatic rings. The van der Waals surface area contributed by atoms with Gasteiger partial charge < -0.3 is 4.90 Å². The molecule has 1 aromatic carbocycles. The van der Waals surface area contributed by atoms with E-state index in [9.17, 15) is 4.79 Å². The van der Waals surface area contributed by atoms with Crippen LogP contribution in [0.4, 0.5) is 5.69 Å². The van der Waals surface area contributed by atoms with Crippen molar-refractivity contribution in [1.82, 2.24) is 4.98 Å². The van der Waals surface area contributed by atoms with Gasteiger partial charge >= 0.3 is 0 Å². The normalized spacial score (nSPS) is 14.5. The van der Waals surface area contributed by atoms with Crippen molar-refractivity contribution in [2.24, 2.45) is 0 Å². The standard InChI is InChI=1S/C17H17ClN2O/c1-12-10-14(11-16(18)19-12)17(21)20-9-5-4-7-13-6-2-3-8-15(13)20/h2-3,6,8,10-11H,4-5,7,9H2,1H3. The molecule has 0 saturated heterocycles. The monoisotopic (exact) mass is 300 g/mol. The molecule has 0 saturated carbocycles. The van der Waals surface area contributed by atoms with Gasteiger partial charge in [0.25, 0.3) is 5.91 Å². The molecule has 0 N–H and O–H groups in total. The van der Waals surface area contributed by atoms with Crippen LogP contribution in [0.25, 0.3) is 0 Å². The number of aryl methyl sites for hydroxylation is 2. The molecule has 3 nitrogen and oxygen atoms in total. The third-order valence-corrected chi connectivity index (χ3v) is 3.97. The zero-order valence-corrected chi connectivity index (χ0v) is 12.7. The maximum atomic E-state index is 12.9. The third kappa shape index (κ3) is 2.93. The molecule has 0 aliphatic carbocycles. The second-order valence-electron chi connectivity index (χ2n) is 5.36.